The van der Waals surface area contributed by atoms with E-state index in [4.69, 9.17) is 31.8 Å². The highest BCUT2D eigenvalue weighted by atomic mass is 35.5. The molecule has 2 aromatic rings. The van der Waals surface area contributed by atoms with E-state index >= 15 is 0 Å². The highest BCUT2D eigenvalue weighted by Gasteiger charge is 2.54. The lowest BCUT2D eigenvalue weighted by Crippen LogP contribution is -2.58. The number of thioether (sulfide) groups is 1. The van der Waals surface area contributed by atoms with Crippen molar-refractivity contribution in [1.82, 2.24) is 4.98 Å². The van der Waals surface area contributed by atoms with Gasteiger partial charge in [0.1, 0.15) is 21.9 Å². The second-order valence-electron chi connectivity index (χ2n) is 10.2. The number of ether oxygens (including phenoxy) is 2. The van der Waals surface area contributed by atoms with Crippen LogP contribution < -0.4 is 10.5 Å². The number of fused-ring (bicyclic) bond motifs is 1. The molecule has 3 aliphatic rings. The normalized spacial score (nSPS) is 31.7. The fourth-order valence-electron chi connectivity index (χ4n) is 5.54. The van der Waals surface area contributed by atoms with Gasteiger partial charge in [0.15, 0.2) is 9.84 Å². The molecule has 1 unspecified atom stereocenters. The number of aromatic amines is 1. The summed E-state index contributed by atoms with van der Waals surface area (Å²) < 4.78 is 37.2. The van der Waals surface area contributed by atoms with Gasteiger partial charge in [-0.3, -0.25) is 4.99 Å². The molecule has 1 aromatic carbocycles. The van der Waals surface area contributed by atoms with Gasteiger partial charge in [0.05, 0.1) is 23.6 Å². The van der Waals surface area contributed by atoms with E-state index in [1.807, 2.05) is 25.1 Å². The molecular formula is C25H32ClN3O4S2. The molecule has 3 aliphatic heterocycles. The second-order valence-corrected chi connectivity index (χ2v) is 14.3. The van der Waals surface area contributed by atoms with Gasteiger partial charge < -0.3 is 20.2 Å². The van der Waals surface area contributed by atoms with Crippen molar-refractivity contribution < 1.29 is 17.9 Å². The molecule has 190 valence electrons. The number of amidine groups is 1. The van der Waals surface area contributed by atoms with Crippen LogP contribution in [0.25, 0.3) is 10.9 Å². The Labute approximate surface area is 215 Å². The minimum absolute atomic E-state index is 0.0288. The predicted octanol–water partition coefficient (Wildman–Crippen LogP) is 4.92. The fraction of sp³-hybridized carbons (Fsp3) is 0.560. The fourth-order valence-corrected chi connectivity index (χ4v) is 9.71. The first kappa shape index (κ1) is 25.0. The van der Waals surface area contributed by atoms with Crippen molar-refractivity contribution in [3.63, 3.8) is 0 Å². The van der Waals surface area contributed by atoms with Gasteiger partial charge in [-0.2, -0.15) is 0 Å². The molecule has 7 nitrogen and oxygen atoms in total. The molecule has 3 atom stereocenters. The van der Waals surface area contributed by atoms with Crippen LogP contribution in [-0.2, 0) is 14.6 Å². The number of benzene rings is 1. The van der Waals surface area contributed by atoms with Crippen molar-refractivity contribution in [3.05, 3.63) is 39.9 Å². The summed E-state index contributed by atoms with van der Waals surface area (Å²) in [6, 6.07) is 8.02. The van der Waals surface area contributed by atoms with E-state index in [2.05, 4.69) is 11.1 Å². The molecular weight excluding hydrogens is 506 g/mol. The number of hydrogen-bond acceptors (Lipinski definition) is 7. The largest absolute Gasteiger partial charge is 0.495 e. The zero-order valence-corrected chi connectivity index (χ0v) is 22.7. The average molecular weight is 538 g/mol. The highest BCUT2D eigenvalue weighted by Crippen LogP contribution is 2.55. The van der Waals surface area contributed by atoms with E-state index in [9.17, 15) is 8.42 Å². The van der Waals surface area contributed by atoms with Gasteiger partial charge >= 0.3 is 0 Å². The van der Waals surface area contributed by atoms with Crippen LogP contribution in [0.2, 0.25) is 0 Å². The number of aromatic nitrogens is 1. The van der Waals surface area contributed by atoms with E-state index in [1.165, 1.54) is 0 Å². The molecule has 0 amide bonds. The third-order valence-corrected chi connectivity index (χ3v) is 12.4. The number of halogens is 1. The summed E-state index contributed by atoms with van der Waals surface area (Å²) in [6.07, 6.45) is 2.77. The number of H-pyrrole nitrogens is 1. The van der Waals surface area contributed by atoms with E-state index in [-0.39, 0.29) is 22.8 Å². The summed E-state index contributed by atoms with van der Waals surface area (Å²) >= 11 is 8.35. The SMILES string of the molecule is COc1cccc2cc(C3CC(Cl)=C([C@]4(C)CS(=O)(=O)[C@@](C)(CC5CCOCC5)C(N)=N4)S3)[nH]c12. The minimum Gasteiger partial charge on any atom is -0.495 e. The zero-order valence-electron chi connectivity index (χ0n) is 20.3. The monoisotopic (exact) mass is 537 g/mol. The first-order chi connectivity index (χ1) is 16.6. The number of hydrogen-bond donors (Lipinski definition) is 2. The number of aliphatic imine (C=N–C) groups is 1. The first-order valence-corrected chi connectivity index (χ1v) is 14.8. The Morgan fingerprint density at radius 1 is 1.31 bits per heavy atom. The van der Waals surface area contributed by atoms with Crippen LogP contribution in [0, 0.1) is 5.92 Å². The van der Waals surface area contributed by atoms with Crippen molar-refractivity contribution in [2.45, 2.75) is 55.1 Å². The summed E-state index contributed by atoms with van der Waals surface area (Å²) in [5, 5.41) is 1.73. The number of para-hydroxylation sites is 1. The third-order valence-electron chi connectivity index (χ3n) is 7.65. The van der Waals surface area contributed by atoms with Crippen LogP contribution in [0.15, 0.2) is 39.2 Å². The summed E-state index contributed by atoms with van der Waals surface area (Å²) in [5.41, 5.74) is 7.42. The molecule has 0 radical (unpaired) electrons. The maximum absolute atomic E-state index is 13.7. The number of allylic oxidation sites excluding steroid dienone is 1. The van der Waals surface area contributed by atoms with Gasteiger partial charge in [0.25, 0.3) is 0 Å². The van der Waals surface area contributed by atoms with E-state index < -0.39 is 20.1 Å². The van der Waals surface area contributed by atoms with Crippen molar-refractivity contribution in [2.75, 3.05) is 26.1 Å². The second kappa shape index (κ2) is 9.01. The van der Waals surface area contributed by atoms with Crippen LogP contribution >= 0.6 is 23.4 Å². The number of rotatable bonds is 5. The molecule has 1 saturated heterocycles. The molecule has 4 heterocycles. The molecule has 0 saturated carbocycles. The number of nitrogens with zero attached hydrogens (tertiary/aromatic N) is 1. The van der Waals surface area contributed by atoms with Crippen LogP contribution in [0.5, 0.6) is 5.75 Å². The van der Waals surface area contributed by atoms with Crippen molar-refractivity contribution in [1.29, 1.82) is 0 Å². The van der Waals surface area contributed by atoms with Crippen LogP contribution in [-0.4, -0.2) is 55.6 Å². The quantitative estimate of drug-likeness (QED) is 0.560. The number of nitrogens with two attached hydrogens (primary N) is 1. The smallest absolute Gasteiger partial charge is 0.165 e. The van der Waals surface area contributed by atoms with Gasteiger partial charge in [0.2, 0.25) is 0 Å². The van der Waals surface area contributed by atoms with Crippen LogP contribution in [0.3, 0.4) is 0 Å². The van der Waals surface area contributed by atoms with Gasteiger partial charge in [-0.25, -0.2) is 8.42 Å². The highest BCUT2D eigenvalue weighted by molar-refractivity contribution is 8.03. The molecule has 35 heavy (non-hydrogen) atoms. The number of sulfone groups is 1. The van der Waals surface area contributed by atoms with E-state index in [0.717, 1.165) is 40.1 Å². The van der Waals surface area contributed by atoms with Crippen molar-refractivity contribution >= 4 is 49.9 Å². The lowest BCUT2D eigenvalue weighted by molar-refractivity contribution is 0.0625. The van der Waals surface area contributed by atoms with Gasteiger partial charge in [-0.05, 0) is 51.2 Å². The lowest BCUT2D eigenvalue weighted by Gasteiger charge is -2.42. The summed E-state index contributed by atoms with van der Waals surface area (Å²) in [6.45, 7) is 4.90. The van der Waals surface area contributed by atoms with Crippen LogP contribution in [0.4, 0.5) is 0 Å². The van der Waals surface area contributed by atoms with Crippen LogP contribution in [0.1, 0.15) is 50.5 Å². The molecule has 0 aliphatic carbocycles. The average Bonchev–Trinajstić information content (AvgIpc) is 3.42. The van der Waals surface area contributed by atoms with Crippen molar-refractivity contribution in [3.8, 4) is 5.75 Å². The standard InChI is InChI=1S/C25H32ClN3O4S2/c1-24(14-35(30,31)25(2,23(27)29-24)13-15-7-9-33-10-8-15)22-17(26)12-20(34-22)18-11-16-5-4-6-19(32-3)21(16)28-18/h4-6,11,15,20,28H,7-10,12-14H2,1-3H3,(H2,27,29)/t20?,24-,25-/m0/s1. The number of methoxy groups -OCH3 is 1. The zero-order chi connectivity index (χ0) is 25.0. The molecule has 5 rings (SSSR count). The molecule has 1 fully saturated rings. The first-order valence-electron chi connectivity index (χ1n) is 11.9. The Morgan fingerprint density at radius 2 is 2.06 bits per heavy atom. The van der Waals surface area contributed by atoms with E-state index in [0.29, 0.717) is 31.1 Å². The minimum atomic E-state index is -3.58. The Morgan fingerprint density at radius 3 is 2.74 bits per heavy atom. The van der Waals surface area contributed by atoms with Crippen molar-refractivity contribution in [2.24, 2.45) is 16.6 Å². The topological polar surface area (TPSA) is 107 Å². The third kappa shape index (κ3) is 4.28. The van der Waals surface area contributed by atoms with Gasteiger partial charge in [-0.1, -0.05) is 23.7 Å². The predicted molar refractivity (Wildman–Crippen MR) is 143 cm³/mol. The lowest BCUT2D eigenvalue weighted by atomic mass is 9.88. The Kier molecular flexibility index (Phi) is 6.43. The summed E-state index contributed by atoms with van der Waals surface area (Å²) in [5.74, 6) is 1.12. The summed E-state index contributed by atoms with van der Waals surface area (Å²) in [7, 11) is -1.93. The van der Waals surface area contributed by atoms with Gasteiger partial charge in [0, 0.05) is 40.7 Å². The Balaban J connectivity index is 1.43. The molecule has 1 aromatic heterocycles. The molecule has 10 heteroatoms. The van der Waals surface area contributed by atoms with Gasteiger partial charge in [-0.15, -0.1) is 11.8 Å². The maximum atomic E-state index is 13.7. The number of nitrogens with one attached hydrogen (secondary N) is 1. The summed E-state index contributed by atoms with van der Waals surface area (Å²) in [4.78, 5) is 9.11. The Bertz CT molecular complexity index is 1320. The maximum Gasteiger partial charge on any atom is 0.165 e. The Hall–Kier alpha value is -1.68. The molecule has 3 N–H and O–H groups in total. The van der Waals surface area contributed by atoms with E-state index in [1.54, 1.807) is 25.8 Å². The molecule has 0 bridgehead atoms. The molecule has 0 spiro atoms.